The van der Waals surface area contributed by atoms with E-state index >= 15 is 0 Å². The van der Waals surface area contributed by atoms with Crippen molar-refractivity contribution in [1.29, 1.82) is 0 Å². The molecule has 3 aromatic rings. The largest absolute Gasteiger partial charge is 0.497 e. The van der Waals surface area contributed by atoms with E-state index in [2.05, 4.69) is 20.4 Å². The molecule has 0 aliphatic carbocycles. The number of pyridine rings is 1. The van der Waals surface area contributed by atoms with E-state index in [-0.39, 0.29) is 0 Å². The number of methoxy groups -OCH3 is 1. The van der Waals surface area contributed by atoms with Crippen LogP contribution < -0.4 is 15.0 Å². The zero-order valence-electron chi connectivity index (χ0n) is 19.4. The lowest BCUT2D eigenvalue weighted by molar-refractivity contribution is 0.0650. The molecule has 1 atom stereocenters. The highest BCUT2D eigenvalue weighted by Gasteiger charge is 2.28. The van der Waals surface area contributed by atoms with E-state index in [1.54, 1.807) is 6.92 Å². The third-order valence-electron chi connectivity index (χ3n) is 6.67. The molecule has 0 bridgehead atoms. The van der Waals surface area contributed by atoms with Gasteiger partial charge >= 0.3 is 0 Å². The molecule has 5 rings (SSSR count). The highest BCUT2D eigenvalue weighted by Crippen LogP contribution is 2.38. The maximum Gasteiger partial charge on any atom is 0.223 e. The molecule has 0 radical (unpaired) electrons. The second-order valence-corrected chi connectivity index (χ2v) is 8.92. The second-order valence-electron chi connectivity index (χ2n) is 8.92. The zero-order valence-corrected chi connectivity index (χ0v) is 19.4. The number of hydrogen-bond donors (Lipinski definition) is 1. The molecule has 4 heterocycles. The number of aromatic nitrogens is 3. The predicted molar refractivity (Wildman–Crippen MR) is 123 cm³/mol. The molecule has 33 heavy (non-hydrogen) atoms. The highest BCUT2D eigenvalue weighted by molar-refractivity contribution is 5.93. The SMILES string of the molecule is COc1cc(F)c2nc(N3CCC(N[C@@H]4CCCOC4)CC3)c(-c3noc(C)n3)c(C)c2c1. The van der Waals surface area contributed by atoms with Crippen LogP contribution >= 0.6 is 0 Å². The molecule has 2 aliphatic rings. The molecule has 2 fully saturated rings. The lowest BCUT2D eigenvalue weighted by atomic mass is 9.99. The highest BCUT2D eigenvalue weighted by atomic mass is 19.1. The van der Waals surface area contributed by atoms with E-state index in [1.165, 1.54) is 13.2 Å². The van der Waals surface area contributed by atoms with Gasteiger partial charge in [0.05, 0.1) is 19.3 Å². The summed E-state index contributed by atoms with van der Waals surface area (Å²) in [7, 11) is 1.53. The fraction of sp³-hybridized carbons (Fsp3) is 0.542. The van der Waals surface area contributed by atoms with E-state index in [0.29, 0.717) is 46.3 Å². The van der Waals surface area contributed by atoms with Gasteiger partial charge in [-0.1, -0.05) is 5.16 Å². The molecule has 2 aliphatic heterocycles. The normalized spacial score (nSPS) is 19.9. The Balaban J connectivity index is 1.48. The Morgan fingerprint density at radius 3 is 2.61 bits per heavy atom. The van der Waals surface area contributed by atoms with E-state index < -0.39 is 5.82 Å². The molecule has 0 saturated carbocycles. The molecule has 0 spiro atoms. The lowest BCUT2D eigenvalue weighted by Gasteiger charge is -2.37. The number of fused-ring (bicyclic) bond motifs is 1. The third-order valence-corrected chi connectivity index (χ3v) is 6.67. The minimum Gasteiger partial charge on any atom is -0.497 e. The summed E-state index contributed by atoms with van der Waals surface area (Å²) >= 11 is 0. The number of rotatable bonds is 5. The van der Waals surface area contributed by atoms with Gasteiger partial charge in [0, 0.05) is 50.2 Å². The van der Waals surface area contributed by atoms with Gasteiger partial charge in [0.15, 0.2) is 5.82 Å². The first-order valence-corrected chi connectivity index (χ1v) is 11.6. The van der Waals surface area contributed by atoms with Crippen molar-refractivity contribution in [3.05, 3.63) is 29.4 Å². The number of benzene rings is 1. The standard InChI is InChI=1S/C24H30FN5O3/c1-14-19-11-18(31-3)12-20(25)22(19)28-24(21(14)23-26-15(2)33-29-23)30-8-6-16(7-9-30)27-17-5-4-10-32-13-17/h11-12,16-17,27H,4-10,13H2,1-3H3/t17-/m1/s1. The second kappa shape index (κ2) is 9.23. The first-order valence-electron chi connectivity index (χ1n) is 11.6. The van der Waals surface area contributed by atoms with Crippen molar-refractivity contribution in [2.24, 2.45) is 0 Å². The number of nitrogens with one attached hydrogen (secondary N) is 1. The van der Waals surface area contributed by atoms with Crippen LogP contribution in [-0.4, -0.2) is 60.6 Å². The number of aryl methyl sites for hydroxylation is 2. The molecule has 8 nitrogen and oxygen atoms in total. The van der Waals surface area contributed by atoms with Crippen LogP contribution in [0.4, 0.5) is 10.2 Å². The van der Waals surface area contributed by atoms with E-state index in [4.69, 9.17) is 19.0 Å². The van der Waals surface area contributed by atoms with Crippen molar-refractivity contribution in [2.75, 3.05) is 38.3 Å². The minimum absolute atomic E-state index is 0.326. The average molecular weight is 456 g/mol. The van der Waals surface area contributed by atoms with Crippen LogP contribution in [0.3, 0.4) is 0 Å². The summed E-state index contributed by atoms with van der Waals surface area (Å²) in [5.74, 6) is 1.69. The van der Waals surface area contributed by atoms with Gasteiger partial charge in [0.1, 0.15) is 17.1 Å². The molecule has 2 aromatic heterocycles. The molecule has 1 N–H and O–H groups in total. The van der Waals surface area contributed by atoms with Gasteiger partial charge in [-0.3, -0.25) is 0 Å². The van der Waals surface area contributed by atoms with Gasteiger partial charge in [-0.25, -0.2) is 9.37 Å². The average Bonchev–Trinajstić information content (AvgIpc) is 3.26. The van der Waals surface area contributed by atoms with Crippen LogP contribution in [0.5, 0.6) is 5.75 Å². The van der Waals surface area contributed by atoms with Crippen LogP contribution in [0.25, 0.3) is 22.3 Å². The van der Waals surface area contributed by atoms with Gasteiger partial charge < -0.3 is 24.2 Å². The fourth-order valence-electron chi connectivity index (χ4n) is 4.92. The van der Waals surface area contributed by atoms with Crippen molar-refractivity contribution < 1.29 is 18.4 Å². The van der Waals surface area contributed by atoms with Crippen molar-refractivity contribution in [1.82, 2.24) is 20.4 Å². The summed E-state index contributed by atoms with van der Waals surface area (Å²) in [6, 6.07) is 4.05. The summed E-state index contributed by atoms with van der Waals surface area (Å²) < 4.78 is 31.2. The Labute approximate surface area is 192 Å². The molecule has 1 aromatic carbocycles. The summed E-state index contributed by atoms with van der Waals surface area (Å²) in [4.78, 5) is 11.5. The monoisotopic (exact) mass is 455 g/mol. The van der Waals surface area contributed by atoms with E-state index in [1.807, 2.05) is 13.0 Å². The molecular formula is C24H30FN5O3. The number of anilines is 1. The molecule has 0 amide bonds. The Kier molecular flexibility index (Phi) is 6.16. The first-order chi connectivity index (χ1) is 16.0. The Bertz CT molecular complexity index is 1140. The molecular weight excluding hydrogens is 425 g/mol. The maximum atomic E-state index is 15.0. The Hall–Kier alpha value is -2.78. The summed E-state index contributed by atoms with van der Waals surface area (Å²) in [6.45, 7) is 6.98. The van der Waals surface area contributed by atoms with Crippen LogP contribution in [0.1, 0.15) is 37.1 Å². The van der Waals surface area contributed by atoms with Crippen molar-refractivity contribution in [2.45, 2.75) is 51.6 Å². The number of hydrogen-bond acceptors (Lipinski definition) is 8. The van der Waals surface area contributed by atoms with Gasteiger partial charge in [0.25, 0.3) is 0 Å². The smallest absolute Gasteiger partial charge is 0.223 e. The van der Waals surface area contributed by atoms with E-state index in [0.717, 1.165) is 63.1 Å². The van der Waals surface area contributed by atoms with Gasteiger partial charge in [-0.15, -0.1) is 0 Å². The van der Waals surface area contributed by atoms with Crippen molar-refractivity contribution in [3.63, 3.8) is 0 Å². The van der Waals surface area contributed by atoms with Crippen LogP contribution in [0.15, 0.2) is 16.7 Å². The van der Waals surface area contributed by atoms with Crippen LogP contribution in [0, 0.1) is 19.7 Å². The Morgan fingerprint density at radius 2 is 1.94 bits per heavy atom. The topological polar surface area (TPSA) is 85.5 Å². The number of ether oxygens (including phenoxy) is 2. The molecule has 176 valence electrons. The van der Waals surface area contributed by atoms with Gasteiger partial charge in [-0.05, 0) is 44.2 Å². The molecule has 9 heteroatoms. The first kappa shape index (κ1) is 22.0. The Morgan fingerprint density at radius 1 is 1.12 bits per heavy atom. The number of piperidine rings is 1. The van der Waals surface area contributed by atoms with Crippen molar-refractivity contribution in [3.8, 4) is 17.1 Å². The fourth-order valence-corrected chi connectivity index (χ4v) is 4.92. The van der Waals surface area contributed by atoms with Crippen LogP contribution in [-0.2, 0) is 4.74 Å². The molecule has 0 unspecified atom stereocenters. The van der Waals surface area contributed by atoms with E-state index in [9.17, 15) is 4.39 Å². The lowest BCUT2D eigenvalue weighted by Crippen LogP contribution is -2.48. The maximum absolute atomic E-state index is 15.0. The minimum atomic E-state index is -0.404. The number of halogens is 1. The quantitative estimate of drug-likeness (QED) is 0.622. The molecule has 2 saturated heterocycles. The van der Waals surface area contributed by atoms with Crippen LogP contribution in [0.2, 0.25) is 0 Å². The van der Waals surface area contributed by atoms with Gasteiger partial charge in [0.2, 0.25) is 11.7 Å². The summed E-state index contributed by atoms with van der Waals surface area (Å²) in [6.07, 6.45) is 4.23. The number of nitrogens with zero attached hydrogens (tertiary/aromatic N) is 4. The van der Waals surface area contributed by atoms with Gasteiger partial charge in [-0.2, -0.15) is 4.98 Å². The third kappa shape index (κ3) is 4.39. The van der Waals surface area contributed by atoms with Crippen molar-refractivity contribution >= 4 is 16.7 Å². The zero-order chi connectivity index (χ0) is 22.9. The summed E-state index contributed by atoms with van der Waals surface area (Å²) in [5.41, 5.74) is 1.96. The predicted octanol–water partition coefficient (Wildman–Crippen LogP) is 3.79. The summed E-state index contributed by atoms with van der Waals surface area (Å²) in [5, 5.41) is 8.60.